The molecule has 4 nitrogen and oxygen atoms in total. The van der Waals surface area contributed by atoms with Crippen LogP contribution in [0.5, 0.6) is 0 Å². The van der Waals surface area contributed by atoms with E-state index in [0.29, 0.717) is 5.69 Å². The highest BCUT2D eigenvalue weighted by molar-refractivity contribution is 5.79. The van der Waals surface area contributed by atoms with Gasteiger partial charge in [0.1, 0.15) is 5.76 Å². The predicted octanol–water partition coefficient (Wildman–Crippen LogP) is 2.70. The number of nitrogens with zero attached hydrogens (tertiary/aromatic N) is 1. The average Bonchev–Trinajstić information content (AvgIpc) is 2.93. The van der Waals surface area contributed by atoms with Gasteiger partial charge in [0, 0.05) is 17.2 Å². The lowest BCUT2D eigenvalue weighted by molar-refractivity contribution is 0.582. The van der Waals surface area contributed by atoms with Crippen LogP contribution < -0.4 is 5.56 Å². The third kappa shape index (κ3) is 1.84. The van der Waals surface area contributed by atoms with Crippen molar-refractivity contribution in [2.24, 2.45) is 0 Å². The molecule has 4 heteroatoms. The van der Waals surface area contributed by atoms with Gasteiger partial charge in [-0.2, -0.15) is 5.10 Å². The van der Waals surface area contributed by atoms with Crippen molar-refractivity contribution in [3.8, 4) is 22.6 Å². The number of aromatic nitrogens is 2. The van der Waals surface area contributed by atoms with E-state index < -0.39 is 0 Å². The second kappa shape index (κ2) is 4.33. The van der Waals surface area contributed by atoms with Gasteiger partial charge in [0.2, 0.25) is 0 Å². The molecule has 1 aromatic carbocycles. The van der Waals surface area contributed by atoms with Crippen LogP contribution in [0.1, 0.15) is 0 Å². The summed E-state index contributed by atoms with van der Waals surface area (Å²) < 4.78 is 5.41. The molecular formula is C14H10N2O2. The Morgan fingerprint density at radius 3 is 2.44 bits per heavy atom. The van der Waals surface area contributed by atoms with Crippen LogP contribution in [0.4, 0.5) is 0 Å². The molecule has 88 valence electrons. The number of aromatic amines is 1. The monoisotopic (exact) mass is 238 g/mol. The zero-order valence-corrected chi connectivity index (χ0v) is 9.46. The van der Waals surface area contributed by atoms with Crippen molar-refractivity contribution in [2.45, 2.75) is 0 Å². The van der Waals surface area contributed by atoms with Crippen molar-refractivity contribution in [2.75, 3.05) is 0 Å². The fourth-order valence-electron chi connectivity index (χ4n) is 1.85. The molecule has 18 heavy (non-hydrogen) atoms. The summed E-state index contributed by atoms with van der Waals surface area (Å²) in [6.45, 7) is 0. The fourth-order valence-corrected chi connectivity index (χ4v) is 1.85. The number of nitrogens with one attached hydrogen (secondary N) is 1. The van der Waals surface area contributed by atoms with Crippen LogP contribution in [0.25, 0.3) is 22.6 Å². The third-order valence-corrected chi connectivity index (χ3v) is 2.67. The Hall–Kier alpha value is -2.62. The molecule has 3 rings (SSSR count). The zero-order valence-electron chi connectivity index (χ0n) is 9.46. The van der Waals surface area contributed by atoms with Crippen molar-refractivity contribution in [3.05, 3.63) is 65.1 Å². The molecule has 0 saturated heterocycles. The quantitative estimate of drug-likeness (QED) is 0.746. The molecule has 0 fully saturated rings. The van der Waals surface area contributed by atoms with E-state index in [4.69, 9.17) is 4.42 Å². The van der Waals surface area contributed by atoms with Crippen LogP contribution >= 0.6 is 0 Å². The minimum atomic E-state index is -0.214. The Labute approximate surface area is 103 Å². The normalized spacial score (nSPS) is 10.4. The molecule has 0 spiro atoms. The van der Waals surface area contributed by atoms with Crippen molar-refractivity contribution < 1.29 is 4.42 Å². The number of hydrogen-bond donors (Lipinski definition) is 1. The number of rotatable bonds is 2. The highest BCUT2D eigenvalue weighted by atomic mass is 16.3. The largest absolute Gasteiger partial charge is 0.464 e. The first kappa shape index (κ1) is 10.5. The van der Waals surface area contributed by atoms with Gasteiger partial charge in [-0.3, -0.25) is 4.79 Å². The molecule has 0 aliphatic rings. The smallest absolute Gasteiger partial charge is 0.264 e. The van der Waals surface area contributed by atoms with E-state index in [-0.39, 0.29) is 5.56 Å². The molecule has 0 saturated carbocycles. The molecule has 0 amide bonds. The number of hydrogen-bond acceptors (Lipinski definition) is 3. The summed E-state index contributed by atoms with van der Waals surface area (Å²) >= 11 is 0. The lowest BCUT2D eigenvalue weighted by atomic mass is 10.0. The fraction of sp³-hybridized carbons (Fsp3) is 0. The van der Waals surface area contributed by atoms with E-state index in [2.05, 4.69) is 10.2 Å². The number of furan rings is 1. The van der Waals surface area contributed by atoms with Gasteiger partial charge < -0.3 is 4.42 Å². The minimum Gasteiger partial charge on any atom is -0.464 e. The van der Waals surface area contributed by atoms with E-state index in [1.54, 1.807) is 12.3 Å². The third-order valence-electron chi connectivity index (χ3n) is 2.67. The molecule has 2 aromatic heterocycles. The van der Waals surface area contributed by atoms with Crippen molar-refractivity contribution in [3.63, 3.8) is 0 Å². The average molecular weight is 238 g/mol. The highest BCUT2D eigenvalue weighted by Crippen LogP contribution is 2.30. The van der Waals surface area contributed by atoms with E-state index in [0.717, 1.165) is 16.9 Å². The van der Waals surface area contributed by atoms with Crippen LogP contribution in [-0.4, -0.2) is 10.2 Å². The number of benzene rings is 1. The van der Waals surface area contributed by atoms with Crippen molar-refractivity contribution >= 4 is 0 Å². The molecule has 1 N–H and O–H groups in total. The predicted molar refractivity (Wildman–Crippen MR) is 68.0 cm³/mol. The maximum atomic E-state index is 11.0. The topological polar surface area (TPSA) is 58.9 Å². The van der Waals surface area contributed by atoms with Gasteiger partial charge in [0.25, 0.3) is 5.56 Å². The lowest BCUT2D eigenvalue weighted by Gasteiger charge is -2.05. The summed E-state index contributed by atoms with van der Waals surface area (Å²) in [4.78, 5) is 11.0. The summed E-state index contributed by atoms with van der Waals surface area (Å²) in [5.41, 5.74) is 2.36. The van der Waals surface area contributed by atoms with Crippen molar-refractivity contribution in [1.82, 2.24) is 10.2 Å². The highest BCUT2D eigenvalue weighted by Gasteiger charge is 2.09. The molecular weight excluding hydrogens is 228 g/mol. The van der Waals surface area contributed by atoms with E-state index in [1.165, 1.54) is 6.07 Å². The van der Waals surface area contributed by atoms with E-state index in [1.807, 2.05) is 36.4 Å². The molecule has 0 bridgehead atoms. The van der Waals surface area contributed by atoms with Gasteiger partial charge in [-0.05, 0) is 18.2 Å². The summed E-state index contributed by atoms with van der Waals surface area (Å²) in [6, 6.07) is 14.7. The van der Waals surface area contributed by atoms with Crippen molar-refractivity contribution in [1.29, 1.82) is 0 Å². The maximum absolute atomic E-state index is 11.0. The Morgan fingerprint density at radius 2 is 1.78 bits per heavy atom. The molecule has 0 aliphatic carbocycles. The first-order valence-electron chi connectivity index (χ1n) is 5.53. The van der Waals surface area contributed by atoms with Gasteiger partial charge >= 0.3 is 0 Å². The molecule has 0 aliphatic heterocycles. The van der Waals surface area contributed by atoms with Crippen LogP contribution in [0.2, 0.25) is 0 Å². The lowest BCUT2D eigenvalue weighted by Crippen LogP contribution is -2.05. The van der Waals surface area contributed by atoms with Gasteiger partial charge in [-0.15, -0.1) is 0 Å². The van der Waals surface area contributed by atoms with E-state index in [9.17, 15) is 4.79 Å². The molecule has 3 aromatic rings. The van der Waals surface area contributed by atoms with E-state index >= 15 is 0 Å². The van der Waals surface area contributed by atoms with Crippen LogP contribution in [0, 0.1) is 0 Å². The SMILES string of the molecule is O=c1ccc(-c2ccccc2-c2ccco2)n[nH]1. The summed E-state index contributed by atoms with van der Waals surface area (Å²) in [6.07, 6.45) is 1.63. The molecule has 2 heterocycles. The first-order valence-corrected chi connectivity index (χ1v) is 5.53. The molecule has 0 atom stereocenters. The Bertz CT molecular complexity index is 694. The van der Waals surface area contributed by atoms with Crippen LogP contribution in [0.3, 0.4) is 0 Å². The van der Waals surface area contributed by atoms with Crippen LogP contribution in [-0.2, 0) is 0 Å². The van der Waals surface area contributed by atoms with Gasteiger partial charge in [0.15, 0.2) is 0 Å². The maximum Gasteiger partial charge on any atom is 0.264 e. The van der Waals surface area contributed by atoms with Gasteiger partial charge in [0.05, 0.1) is 12.0 Å². The minimum absolute atomic E-state index is 0.214. The Balaban J connectivity index is 2.18. The van der Waals surface area contributed by atoms with Crippen LogP contribution in [0.15, 0.2) is 64.0 Å². The Kier molecular flexibility index (Phi) is 2.53. The Morgan fingerprint density at radius 1 is 0.944 bits per heavy atom. The van der Waals surface area contributed by atoms with Gasteiger partial charge in [-0.25, -0.2) is 5.10 Å². The summed E-state index contributed by atoms with van der Waals surface area (Å²) in [5.74, 6) is 0.776. The summed E-state index contributed by atoms with van der Waals surface area (Å²) in [7, 11) is 0. The second-order valence-electron chi connectivity index (χ2n) is 3.83. The second-order valence-corrected chi connectivity index (χ2v) is 3.83. The zero-order chi connectivity index (χ0) is 12.4. The number of H-pyrrole nitrogens is 1. The molecule has 0 radical (unpaired) electrons. The standard InChI is InChI=1S/C14H10N2O2/c17-14-8-7-12(15-16-14)10-4-1-2-5-11(10)13-6-3-9-18-13/h1-9H,(H,16,17). The summed E-state index contributed by atoms with van der Waals surface area (Å²) in [5, 5.41) is 6.47. The van der Waals surface area contributed by atoms with Gasteiger partial charge in [-0.1, -0.05) is 24.3 Å². The first-order chi connectivity index (χ1) is 8.84. The molecule has 0 unspecified atom stereocenters.